The third-order valence-electron chi connectivity index (χ3n) is 5.97. The van der Waals surface area contributed by atoms with Gasteiger partial charge in [0.05, 0.1) is 13.7 Å². The zero-order chi connectivity index (χ0) is 23.0. The summed E-state index contributed by atoms with van der Waals surface area (Å²) in [6, 6.07) is 15.9. The number of carbonyl (C=O) groups excluding carboxylic acids is 1. The molecule has 4 rings (SSSR count). The summed E-state index contributed by atoms with van der Waals surface area (Å²) in [4.78, 5) is 19.4. The van der Waals surface area contributed by atoms with Gasteiger partial charge in [-0.2, -0.15) is 4.98 Å². The van der Waals surface area contributed by atoms with Gasteiger partial charge in [0.2, 0.25) is 17.6 Å². The van der Waals surface area contributed by atoms with Crippen molar-refractivity contribution >= 4 is 21.8 Å². The van der Waals surface area contributed by atoms with Gasteiger partial charge in [-0.15, -0.1) is 0 Å². The van der Waals surface area contributed by atoms with Gasteiger partial charge in [0, 0.05) is 22.5 Å². The monoisotopic (exact) mass is 512 g/mol. The number of nitrogens with one attached hydrogen (secondary N) is 1. The Morgan fingerprint density at radius 1 is 1.21 bits per heavy atom. The molecule has 174 valence electrons. The SMILES string of the molecule is COc1ccc(CCCNC(=O)C2CCN(Cc3nc(-c4cccc(Br)c4)no3)CC2)cc1. The van der Waals surface area contributed by atoms with Gasteiger partial charge in [-0.25, -0.2) is 0 Å². The minimum absolute atomic E-state index is 0.0714. The summed E-state index contributed by atoms with van der Waals surface area (Å²) >= 11 is 3.47. The highest BCUT2D eigenvalue weighted by Crippen LogP contribution is 2.22. The quantitative estimate of drug-likeness (QED) is 0.426. The van der Waals surface area contributed by atoms with Crippen LogP contribution in [-0.2, 0) is 17.8 Å². The lowest BCUT2D eigenvalue weighted by molar-refractivity contribution is -0.126. The Balaban J connectivity index is 1.16. The second-order valence-corrected chi connectivity index (χ2v) is 9.23. The first-order chi connectivity index (χ1) is 16.1. The lowest BCUT2D eigenvalue weighted by atomic mass is 9.96. The number of hydrogen-bond donors (Lipinski definition) is 1. The van der Waals surface area contributed by atoms with Gasteiger partial charge in [-0.05, 0) is 68.6 Å². The van der Waals surface area contributed by atoms with E-state index in [-0.39, 0.29) is 11.8 Å². The predicted octanol–water partition coefficient (Wildman–Crippen LogP) is 4.47. The van der Waals surface area contributed by atoms with Crippen molar-refractivity contribution in [2.75, 3.05) is 26.7 Å². The van der Waals surface area contributed by atoms with E-state index in [2.05, 4.69) is 48.4 Å². The number of aromatic nitrogens is 2. The number of methoxy groups -OCH3 is 1. The van der Waals surface area contributed by atoms with Crippen LogP contribution >= 0.6 is 15.9 Å². The molecule has 1 fully saturated rings. The van der Waals surface area contributed by atoms with E-state index in [1.807, 2.05) is 36.4 Å². The number of nitrogens with zero attached hydrogens (tertiary/aromatic N) is 3. The Hall–Kier alpha value is -2.71. The molecule has 1 aliphatic rings. The van der Waals surface area contributed by atoms with Crippen molar-refractivity contribution in [1.29, 1.82) is 0 Å². The second-order valence-electron chi connectivity index (χ2n) is 8.32. The molecule has 3 aromatic rings. The van der Waals surface area contributed by atoms with Crippen molar-refractivity contribution in [3.05, 3.63) is 64.5 Å². The van der Waals surface area contributed by atoms with E-state index in [4.69, 9.17) is 9.26 Å². The number of likely N-dealkylation sites (tertiary alicyclic amines) is 1. The Kier molecular flexibility index (Phi) is 8.12. The minimum atomic E-state index is 0.0714. The molecule has 1 amide bonds. The van der Waals surface area contributed by atoms with Crippen LogP contribution in [0.5, 0.6) is 5.75 Å². The van der Waals surface area contributed by atoms with E-state index < -0.39 is 0 Å². The molecule has 8 heteroatoms. The molecule has 0 saturated carbocycles. The molecule has 7 nitrogen and oxygen atoms in total. The second kappa shape index (κ2) is 11.4. The van der Waals surface area contributed by atoms with Crippen molar-refractivity contribution < 1.29 is 14.1 Å². The summed E-state index contributed by atoms with van der Waals surface area (Å²) in [5.41, 5.74) is 2.17. The Labute approximate surface area is 202 Å². The number of aryl methyl sites for hydroxylation is 1. The van der Waals surface area contributed by atoms with E-state index in [0.717, 1.165) is 54.6 Å². The summed E-state index contributed by atoms with van der Waals surface area (Å²) in [5.74, 6) is 2.30. The highest BCUT2D eigenvalue weighted by atomic mass is 79.9. The Morgan fingerprint density at radius 3 is 2.73 bits per heavy atom. The minimum Gasteiger partial charge on any atom is -0.497 e. The summed E-state index contributed by atoms with van der Waals surface area (Å²) in [5, 5.41) is 7.21. The molecule has 1 N–H and O–H groups in total. The number of rotatable bonds is 9. The average Bonchev–Trinajstić information content (AvgIpc) is 3.31. The maximum Gasteiger partial charge on any atom is 0.241 e. The van der Waals surface area contributed by atoms with Crippen LogP contribution in [-0.4, -0.2) is 47.7 Å². The molecule has 1 saturated heterocycles. The van der Waals surface area contributed by atoms with Crippen LogP contribution in [0, 0.1) is 5.92 Å². The van der Waals surface area contributed by atoms with Crippen molar-refractivity contribution in [1.82, 2.24) is 20.4 Å². The van der Waals surface area contributed by atoms with Crippen LogP contribution in [0.2, 0.25) is 0 Å². The van der Waals surface area contributed by atoms with Crippen molar-refractivity contribution in [3.8, 4) is 17.1 Å². The first kappa shape index (κ1) is 23.4. The fourth-order valence-electron chi connectivity index (χ4n) is 4.05. The fraction of sp³-hybridized carbons (Fsp3) is 0.400. The van der Waals surface area contributed by atoms with Crippen molar-refractivity contribution in [2.24, 2.45) is 5.92 Å². The summed E-state index contributed by atoms with van der Waals surface area (Å²) in [6.07, 6.45) is 3.55. The first-order valence-electron chi connectivity index (χ1n) is 11.3. The number of carbonyl (C=O) groups is 1. The molecular formula is C25H29BrN4O3. The third kappa shape index (κ3) is 6.65. The molecule has 0 atom stereocenters. The summed E-state index contributed by atoms with van der Waals surface area (Å²) in [7, 11) is 1.67. The highest BCUT2D eigenvalue weighted by Gasteiger charge is 2.25. The Morgan fingerprint density at radius 2 is 2.00 bits per heavy atom. The number of benzene rings is 2. The van der Waals surface area contributed by atoms with Gasteiger partial charge >= 0.3 is 0 Å². The molecule has 1 aromatic heterocycles. The standard InChI is InChI=1S/C25H29BrN4O3/c1-32-22-9-7-18(8-10-22)4-3-13-27-25(31)19-11-14-30(15-12-19)17-23-28-24(29-33-23)20-5-2-6-21(26)16-20/h2,5-10,16,19H,3-4,11-15,17H2,1H3,(H,27,31). The molecule has 0 radical (unpaired) electrons. The molecule has 0 aliphatic carbocycles. The van der Waals surface area contributed by atoms with E-state index in [1.165, 1.54) is 5.56 Å². The topological polar surface area (TPSA) is 80.5 Å². The van der Waals surface area contributed by atoms with Gasteiger partial charge in [0.1, 0.15) is 5.75 Å². The van der Waals surface area contributed by atoms with E-state index in [0.29, 0.717) is 24.8 Å². The predicted molar refractivity (Wildman–Crippen MR) is 130 cm³/mol. The van der Waals surface area contributed by atoms with Crippen LogP contribution in [0.4, 0.5) is 0 Å². The number of piperidine rings is 1. The maximum absolute atomic E-state index is 12.6. The molecule has 0 bridgehead atoms. The zero-order valence-corrected chi connectivity index (χ0v) is 20.4. The highest BCUT2D eigenvalue weighted by molar-refractivity contribution is 9.10. The summed E-state index contributed by atoms with van der Waals surface area (Å²) in [6.45, 7) is 3.00. The number of amides is 1. The average molecular weight is 513 g/mol. The molecule has 0 unspecified atom stereocenters. The van der Waals surface area contributed by atoms with Gasteiger partial charge in [0.25, 0.3) is 0 Å². The van der Waals surface area contributed by atoms with Crippen LogP contribution in [0.15, 0.2) is 57.5 Å². The van der Waals surface area contributed by atoms with E-state index in [1.54, 1.807) is 7.11 Å². The molecule has 0 spiro atoms. The normalized spacial score (nSPS) is 14.8. The number of hydrogen-bond acceptors (Lipinski definition) is 6. The van der Waals surface area contributed by atoms with E-state index in [9.17, 15) is 4.79 Å². The number of halogens is 1. The van der Waals surface area contributed by atoms with Gasteiger partial charge < -0.3 is 14.6 Å². The molecule has 33 heavy (non-hydrogen) atoms. The van der Waals surface area contributed by atoms with Crippen molar-refractivity contribution in [3.63, 3.8) is 0 Å². The van der Waals surface area contributed by atoms with E-state index >= 15 is 0 Å². The lowest BCUT2D eigenvalue weighted by Gasteiger charge is -2.30. The smallest absolute Gasteiger partial charge is 0.241 e. The fourth-order valence-corrected chi connectivity index (χ4v) is 4.45. The maximum atomic E-state index is 12.6. The molecule has 2 heterocycles. The van der Waals surface area contributed by atoms with Crippen molar-refractivity contribution in [2.45, 2.75) is 32.2 Å². The van der Waals surface area contributed by atoms with Gasteiger partial charge in [-0.1, -0.05) is 45.4 Å². The number of ether oxygens (including phenoxy) is 1. The van der Waals surface area contributed by atoms with Crippen LogP contribution in [0.1, 0.15) is 30.7 Å². The lowest BCUT2D eigenvalue weighted by Crippen LogP contribution is -2.40. The first-order valence-corrected chi connectivity index (χ1v) is 12.1. The molecular weight excluding hydrogens is 484 g/mol. The van der Waals surface area contributed by atoms with Crippen LogP contribution in [0.3, 0.4) is 0 Å². The zero-order valence-electron chi connectivity index (χ0n) is 18.8. The largest absolute Gasteiger partial charge is 0.497 e. The van der Waals surface area contributed by atoms with Gasteiger partial charge in [-0.3, -0.25) is 9.69 Å². The van der Waals surface area contributed by atoms with Crippen LogP contribution < -0.4 is 10.1 Å². The Bertz CT molecular complexity index is 1050. The van der Waals surface area contributed by atoms with Gasteiger partial charge in [0.15, 0.2) is 0 Å². The molecule has 1 aliphatic heterocycles. The third-order valence-corrected chi connectivity index (χ3v) is 6.46. The summed E-state index contributed by atoms with van der Waals surface area (Å²) < 4.78 is 11.6. The molecule has 2 aromatic carbocycles. The van der Waals surface area contributed by atoms with Crippen LogP contribution in [0.25, 0.3) is 11.4 Å².